The molecule has 0 unspecified atom stereocenters. The number of phenolic OH excluding ortho intramolecular Hbond substituents is 2. The Hall–Kier alpha value is -2.86. The Balaban J connectivity index is 2.12. The van der Waals surface area contributed by atoms with Gasteiger partial charge in [-0.05, 0) is 32.3 Å². The number of benzene rings is 2. The summed E-state index contributed by atoms with van der Waals surface area (Å²) < 4.78 is 0. The fourth-order valence-electron chi connectivity index (χ4n) is 2.85. The lowest BCUT2D eigenvalue weighted by Crippen LogP contribution is -2.25. The summed E-state index contributed by atoms with van der Waals surface area (Å²) in [6.45, 7) is 1.30. The molecule has 3 N–H and O–H groups in total. The van der Waals surface area contributed by atoms with Crippen molar-refractivity contribution in [2.75, 3.05) is 32.5 Å². The number of hydrogen-bond acceptors (Lipinski definition) is 6. The molecule has 24 heavy (non-hydrogen) atoms. The molecule has 0 atom stereocenters. The molecule has 6 heteroatoms. The number of ketones is 2. The standard InChI is InChI=1S/C18H18N2O4/c1-20(2)9-8-19-11-6-7-13(22)16-15(11)18(24)14-10(17(16)23)4-3-5-12(14)21/h3-7,19,21-22H,8-9H2,1-2H3. The smallest absolute Gasteiger partial charge is 0.200 e. The van der Waals surface area contributed by atoms with Gasteiger partial charge < -0.3 is 20.4 Å². The Morgan fingerprint density at radius 3 is 2.33 bits per heavy atom. The minimum absolute atomic E-state index is 0.0174. The molecule has 0 saturated heterocycles. The van der Waals surface area contributed by atoms with Crippen molar-refractivity contribution in [3.05, 3.63) is 52.6 Å². The molecular weight excluding hydrogens is 308 g/mol. The number of carbonyl (C=O) groups excluding carboxylic acids is 2. The normalized spacial score (nSPS) is 13.0. The molecule has 6 nitrogen and oxygen atoms in total. The van der Waals surface area contributed by atoms with Crippen LogP contribution in [0.25, 0.3) is 0 Å². The number of nitrogens with one attached hydrogen (secondary N) is 1. The van der Waals surface area contributed by atoms with E-state index in [0.29, 0.717) is 12.2 Å². The molecule has 2 aromatic carbocycles. The molecule has 0 bridgehead atoms. The van der Waals surface area contributed by atoms with Crippen LogP contribution >= 0.6 is 0 Å². The highest BCUT2D eigenvalue weighted by Crippen LogP contribution is 2.39. The van der Waals surface area contributed by atoms with E-state index in [4.69, 9.17) is 0 Å². The fourth-order valence-corrected chi connectivity index (χ4v) is 2.85. The Morgan fingerprint density at radius 2 is 1.62 bits per heavy atom. The number of nitrogens with zero attached hydrogens (tertiary/aromatic N) is 1. The SMILES string of the molecule is CN(C)CCNc1ccc(O)c2c1C(=O)c1c(O)cccc1C2=O. The number of hydrogen-bond donors (Lipinski definition) is 3. The van der Waals surface area contributed by atoms with E-state index in [-0.39, 0.29) is 33.8 Å². The zero-order valence-electron chi connectivity index (χ0n) is 13.5. The van der Waals surface area contributed by atoms with Gasteiger partial charge in [0.1, 0.15) is 11.5 Å². The van der Waals surface area contributed by atoms with Crippen LogP contribution in [0.2, 0.25) is 0 Å². The van der Waals surface area contributed by atoms with E-state index in [2.05, 4.69) is 5.32 Å². The number of rotatable bonds is 4. The van der Waals surface area contributed by atoms with Gasteiger partial charge >= 0.3 is 0 Å². The zero-order chi connectivity index (χ0) is 17.4. The van der Waals surface area contributed by atoms with Crippen molar-refractivity contribution in [3.8, 4) is 11.5 Å². The largest absolute Gasteiger partial charge is 0.507 e. The molecule has 0 aromatic heterocycles. The van der Waals surface area contributed by atoms with Gasteiger partial charge in [0, 0.05) is 24.3 Å². The number of anilines is 1. The lowest BCUT2D eigenvalue weighted by atomic mass is 9.82. The third kappa shape index (κ3) is 2.51. The van der Waals surface area contributed by atoms with E-state index in [0.717, 1.165) is 6.54 Å². The molecule has 0 radical (unpaired) electrons. The van der Waals surface area contributed by atoms with Crippen LogP contribution in [0.3, 0.4) is 0 Å². The number of carbonyl (C=O) groups is 2. The summed E-state index contributed by atoms with van der Waals surface area (Å²) in [6, 6.07) is 7.32. The summed E-state index contributed by atoms with van der Waals surface area (Å²) in [4.78, 5) is 27.6. The van der Waals surface area contributed by atoms with Crippen LogP contribution in [-0.2, 0) is 0 Å². The highest BCUT2D eigenvalue weighted by Gasteiger charge is 2.35. The maximum atomic E-state index is 12.9. The Morgan fingerprint density at radius 1 is 0.917 bits per heavy atom. The van der Waals surface area contributed by atoms with E-state index in [1.54, 1.807) is 6.07 Å². The molecule has 0 saturated carbocycles. The maximum Gasteiger partial charge on any atom is 0.200 e. The van der Waals surface area contributed by atoms with Crippen molar-refractivity contribution in [1.29, 1.82) is 0 Å². The van der Waals surface area contributed by atoms with Crippen LogP contribution in [-0.4, -0.2) is 53.9 Å². The van der Waals surface area contributed by atoms with Gasteiger partial charge in [0.15, 0.2) is 11.6 Å². The summed E-state index contributed by atoms with van der Waals surface area (Å²) in [5.74, 6) is -1.42. The first-order chi connectivity index (χ1) is 11.4. The molecule has 3 rings (SSSR count). The van der Waals surface area contributed by atoms with Crippen LogP contribution < -0.4 is 5.32 Å². The van der Waals surface area contributed by atoms with Crippen molar-refractivity contribution in [2.24, 2.45) is 0 Å². The second kappa shape index (κ2) is 5.98. The minimum atomic E-state index is -0.471. The third-order valence-electron chi connectivity index (χ3n) is 4.03. The molecular formula is C18H18N2O4. The molecule has 1 aliphatic carbocycles. The molecule has 0 fully saturated rings. The highest BCUT2D eigenvalue weighted by atomic mass is 16.3. The van der Waals surface area contributed by atoms with Crippen molar-refractivity contribution in [1.82, 2.24) is 4.90 Å². The first-order valence-corrected chi connectivity index (χ1v) is 7.57. The number of fused-ring (bicyclic) bond motifs is 2. The van der Waals surface area contributed by atoms with Crippen LogP contribution in [0.4, 0.5) is 5.69 Å². The van der Waals surface area contributed by atoms with Gasteiger partial charge in [-0.25, -0.2) is 0 Å². The summed E-state index contributed by atoms with van der Waals surface area (Å²) in [5, 5.41) is 23.2. The first-order valence-electron chi connectivity index (χ1n) is 7.57. The minimum Gasteiger partial charge on any atom is -0.507 e. The summed E-state index contributed by atoms with van der Waals surface area (Å²) >= 11 is 0. The van der Waals surface area contributed by atoms with Crippen LogP contribution in [0.15, 0.2) is 30.3 Å². The lowest BCUT2D eigenvalue weighted by molar-refractivity contribution is 0.0975. The molecule has 2 aromatic rings. The number of likely N-dealkylation sites (N-methyl/N-ethyl adjacent to an activating group) is 1. The predicted molar refractivity (Wildman–Crippen MR) is 90.1 cm³/mol. The summed E-state index contributed by atoms with van der Waals surface area (Å²) in [7, 11) is 3.86. The molecule has 0 aliphatic heterocycles. The summed E-state index contributed by atoms with van der Waals surface area (Å²) in [6.07, 6.45) is 0. The average molecular weight is 326 g/mol. The van der Waals surface area contributed by atoms with E-state index in [9.17, 15) is 19.8 Å². The predicted octanol–water partition coefficient (Wildman–Crippen LogP) is 1.85. The van der Waals surface area contributed by atoms with Crippen molar-refractivity contribution in [2.45, 2.75) is 0 Å². The van der Waals surface area contributed by atoms with Crippen molar-refractivity contribution >= 4 is 17.3 Å². The topological polar surface area (TPSA) is 89.9 Å². The monoisotopic (exact) mass is 326 g/mol. The Kier molecular flexibility index (Phi) is 3.99. The van der Waals surface area contributed by atoms with Gasteiger partial charge in [0.25, 0.3) is 0 Å². The van der Waals surface area contributed by atoms with Gasteiger partial charge in [-0.2, -0.15) is 0 Å². The van der Waals surface area contributed by atoms with Crippen molar-refractivity contribution < 1.29 is 19.8 Å². The third-order valence-corrected chi connectivity index (χ3v) is 4.03. The number of phenols is 2. The van der Waals surface area contributed by atoms with Gasteiger partial charge in [-0.15, -0.1) is 0 Å². The van der Waals surface area contributed by atoms with Gasteiger partial charge in [-0.1, -0.05) is 12.1 Å². The maximum absolute atomic E-state index is 12.9. The Labute approximate surface area is 139 Å². The molecule has 0 amide bonds. The summed E-state index contributed by atoms with van der Waals surface area (Å²) in [5.41, 5.74) is 0.641. The lowest BCUT2D eigenvalue weighted by Gasteiger charge is -2.22. The number of aromatic hydroxyl groups is 2. The highest BCUT2D eigenvalue weighted by molar-refractivity contribution is 6.31. The Bertz CT molecular complexity index is 843. The van der Waals surface area contributed by atoms with E-state index < -0.39 is 11.6 Å². The van der Waals surface area contributed by atoms with Crippen molar-refractivity contribution in [3.63, 3.8) is 0 Å². The second-order valence-corrected chi connectivity index (χ2v) is 5.97. The van der Waals surface area contributed by atoms with E-state index in [1.165, 1.54) is 24.3 Å². The first kappa shape index (κ1) is 16.0. The van der Waals surface area contributed by atoms with E-state index in [1.807, 2.05) is 19.0 Å². The molecule has 124 valence electrons. The van der Waals surface area contributed by atoms with Crippen LogP contribution in [0, 0.1) is 0 Å². The van der Waals surface area contributed by atoms with Gasteiger partial charge in [0.05, 0.1) is 16.7 Å². The molecule has 1 aliphatic rings. The quantitative estimate of drug-likeness (QED) is 0.634. The van der Waals surface area contributed by atoms with Gasteiger partial charge in [0.2, 0.25) is 0 Å². The second-order valence-electron chi connectivity index (χ2n) is 5.97. The molecule has 0 spiro atoms. The van der Waals surface area contributed by atoms with Gasteiger partial charge in [-0.3, -0.25) is 9.59 Å². The van der Waals surface area contributed by atoms with Crippen LogP contribution in [0.1, 0.15) is 31.8 Å². The van der Waals surface area contributed by atoms with E-state index >= 15 is 0 Å². The fraction of sp³-hybridized carbons (Fsp3) is 0.222. The molecule has 0 heterocycles. The zero-order valence-corrected chi connectivity index (χ0v) is 13.5. The van der Waals surface area contributed by atoms with Crippen LogP contribution in [0.5, 0.6) is 11.5 Å². The average Bonchev–Trinajstić information content (AvgIpc) is 2.53.